The van der Waals surface area contributed by atoms with Crippen LogP contribution in [0.4, 0.5) is 17.6 Å². The van der Waals surface area contributed by atoms with Gasteiger partial charge in [0.15, 0.2) is 0 Å². The van der Waals surface area contributed by atoms with Crippen LogP contribution in [0.15, 0.2) is 18.2 Å². The van der Waals surface area contributed by atoms with Gasteiger partial charge in [-0.05, 0) is 30.2 Å². The molecule has 0 bridgehead atoms. The molecule has 8 heteroatoms. The Kier molecular flexibility index (Phi) is 7.38. The molecule has 1 atom stereocenters. The van der Waals surface area contributed by atoms with Gasteiger partial charge in [0.05, 0.1) is 12.2 Å². The molecule has 0 saturated carbocycles. The predicted molar refractivity (Wildman–Crippen MR) is 81.5 cm³/mol. The second-order valence-corrected chi connectivity index (χ2v) is 5.49. The number of alkyl halides is 4. The Hall–Kier alpha value is -0.560. The first-order valence-corrected chi connectivity index (χ1v) is 7.18. The third-order valence-electron chi connectivity index (χ3n) is 3.61. The van der Waals surface area contributed by atoms with Crippen LogP contribution in [0.2, 0.25) is 5.02 Å². The van der Waals surface area contributed by atoms with Crippen LogP contribution in [0.5, 0.6) is 0 Å². The summed E-state index contributed by atoms with van der Waals surface area (Å²) in [6.07, 6.45) is -4.29. The Bertz CT molecular complexity index is 476. The molecule has 1 saturated heterocycles. The van der Waals surface area contributed by atoms with E-state index >= 15 is 0 Å². The van der Waals surface area contributed by atoms with Crippen molar-refractivity contribution in [3.63, 3.8) is 0 Å². The standard InChI is InChI=1S/C14H17ClF4N2.ClH/c15-12-8-10(7-11(9-12)14(17,18)19)13(1-2-16)21-5-3-20-4-6-21;/h7-9,13,20H,1-6H2;1H/t13-;/m0./s1. The maximum Gasteiger partial charge on any atom is 0.416 e. The number of nitrogens with zero attached hydrogens (tertiary/aromatic N) is 1. The summed E-state index contributed by atoms with van der Waals surface area (Å²) in [4.78, 5) is 2.00. The first kappa shape index (κ1) is 19.5. The lowest BCUT2D eigenvalue weighted by molar-refractivity contribution is -0.137. The highest BCUT2D eigenvalue weighted by Gasteiger charge is 2.32. The molecular weight excluding hydrogens is 343 g/mol. The van der Waals surface area contributed by atoms with Gasteiger partial charge < -0.3 is 5.32 Å². The molecule has 22 heavy (non-hydrogen) atoms. The highest BCUT2D eigenvalue weighted by atomic mass is 35.5. The van der Waals surface area contributed by atoms with Crippen molar-refractivity contribution in [2.24, 2.45) is 0 Å². The molecule has 0 aromatic heterocycles. The van der Waals surface area contributed by atoms with Gasteiger partial charge in [-0.15, -0.1) is 12.4 Å². The van der Waals surface area contributed by atoms with Crippen LogP contribution in [0, 0.1) is 0 Å². The maximum atomic E-state index is 12.9. The van der Waals surface area contributed by atoms with Gasteiger partial charge in [-0.25, -0.2) is 0 Å². The second-order valence-electron chi connectivity index (χ2n) is 5.05. The largest absolute Gasteiger partial charge is 0.416 e. The monoisotopic (exact) mass is 360 g/mol. The molecule has 1 fully saturated rings. The van der Waals surface area contributed by atoms with Gasteiger partial charge in [0.2, 0.25) is 0 Å². The molecule has 2 rings (SSSR count). The third kappa shape index (κ3) is 4.98. The van der Waals surface area contributed by atoms with Crippen molar-refractivity contribution in [1.82, 2.24) is 10.2 Å². The molecule has 1 aliphatic rings. The molecule has 0 aliphatic carbocycles. The van der Waals surface area contributed by atoms with Crippen molar-refractivity contribution in [1.29, 1.82) is 0 Å². The molecule has 0 spiro atoms. The summed E-state index contributed by atoms with van der Waals surface area (Å²) in [5.41, 5.74) is -0.363. The van der Waals surface area contributed by atoms with Crippen LogP contribution in [-0.2, 0) is 6.18 Å². The summed E-state index contributed by atoms with van der Waals surface area (Å²) in [6.45, 7) is 2.27. The van der Waals surface area contributed by atoms with E-state index in [0.717, 1.165) is 25.2 Å². The Morgan fingerprint density at radius 2 is 1.82 bits per heavy atom. The Morgan fingerprint density at radius 3 is 2.36 bits per heavy atom. The fourth-order valence-corrected chi connectivity index (χ4v) is 2.87. The van der Waals surface area contributed by atoms with Gasteiger partial charge in [-0.3, -0.25) is 9.29 Å². The number of halogens is 6. The smallest absolute Gasteiger partial charge is 0.314 e. The average Bonchev–Trinajstić information content (AvgIpc) is 2.44. The fraction of sp³-hybridized carbons (Fsp3) is 0.571. The summed E-state index contributed by atoms with van der Waals surface area (Å²) >= 11 is 5.81. The summed E-state index contributed by atoms with van der Waals surface area (Å²) < 4.78 is 51.5. The van der Waals surface area contributed by atoms with Crippen molar-refractivity contribution in [3.8, 4) is 0 Å². The topological polar surface area (TPSA) is 15.3 Å². The minimum atomic E-state index is -4.45. The second kappa shape index (κ2) is 8.34. The molecule has 1 N–H and O–H groups in total. The van der Waals surface area contributed by atoms with Gasteiger partial charge in [0, 0.05) is 37.2 Å². The van der Waals surface area contributed by atoms with Crippen LogP contribution in [-0.4, -0.2) is 37.8 Å². The molecule has 1 aromatic carbocycles. The van der Waals surface area contributed by atoms with Crippen LogP contribution >= 0.6 is 24.0 Å². The summed E-state index contributed by atoms with van der Waals surface area (Å²) in [6, 6.07) is 3.10. The quantitative estimate of drug-likeness (QED) is 0.813. The number of hydrogen-bond donors (Lipinski definition) is 1. The normalized spacial score (nSPS) is 17.9. The number of nitrogens with one attached hydrogen (secondary N) is 1. The SMILES string of the molecule is Cl.FCC[C@@H](c1cc(Cl)cc(C(F)(F)F)c1)N1CCNCC1. The third-order valence-corrected chi connectivity index (χ3v) is 3.83. The first-order valence-electron chi connectivity index (χ1n) is 6.80. The van der Waals surface area contributed by atoms with Crippen molar-refractivity contribution in [3.05, 3.63) is 34.3 Å². The van der Waals surface area contributed by atoms with E-state index in [2.05, 4.69) is 5.32 Å². The van der Waals surface area contributed by atoms with Crippen molar-refractivity contribution in [2.45, 2.75) is 18.6 Å². The van der Waals surface area contributed by atoms with Crippen molar-refractivity contribution in [2.75, 3.05) is 32.9 Å². The van der Waals surface area contributed by atoms with E-state index in [0.29, 0.717) is 18.7 Å². The zero-order valence-electron chi connectivity index (χ0n) is 11.8. The van der Waals surface area contributed by atoms with Gasteiger partial charge in [-0.2, -0.15) is 13.2 Å². The minimum absolute atomic E-state index is 0. The molecule has 1 aromatic rings. The lowest BCUT2D eigenvalue weighted by atomic mass is 9.99. The van der Waals surface area contributed by atoms with E-state index in [1.54, 1.807) is 0 Å². The fourth-order valence-electron chi connectivity index (χ4n) is 2.63. The van der Waals surface area contributed by atoms with E-state index in [-0.39, 0.29) is 29.9 Å². The average molecular weight is 361 g/mol. The zero-order chi connectivity index (χ0) is 15.5. The van der Waals surface area contributed by atoms with E-state index in [1.165, 1.54) is 6.07 Å². The van der Waals surface area contributed by atoms with Gasteiger partial charge in [-0.1, -0.05) is 11.6 Å². The molecule has 0 unspecified atom stereocenters. The molecule has 0 amide bonds. The Labute approximate surface area is 138 Å². The highest BCUT2D eigenvalue weighted by Crippen LogP contribution is 2.35. The van der Waals surface area contributed by atoms with Gasteiger partial charge in [0.1, 0.15) is 0 Å². The number of rotatable bonds is 4. The Balaban J connectivity index is 0.00000242. The highest BCUT2D eigenvalue weighted by molar-refractivity contribution is 6.30. The van der Waals surface area contributed by atoms with E-state index in [1.807, 2.05) is 4.90 Å². The molecule has 1 aliphatic heterocycles. The van der Waals surface area contributed by atoms with Gasteiger partial charge in [0.25, 0.3) is 0 Å². The number of hydrogen-bond acceptors (Lipinski definition) is 2. The molecule has 0 radical (unpaired) electrons. The first-order chi connectivity index (χ1) is 9.91. The minimum Gasteiger partial charge on any atom is -0.314 e. The van der Waals surface area contributed by atoms with Crippen LogP contribution in [0.1, 0.15) is 23.6 Å². The van der Waals surface area contributed by atoms with Crippen LogP contribution < -0.4 is 5.32 Å². The predicted octanol–water partition coefficient (Wildman–Crippen LogP) is 4.09. The zero-order valence-corrected chi connectivity index (χ0v) is 13.4. The van der Waals surface area contributed by atoms with E-state index in [9.17, 15) is 17.6 Å². The molecular formula is C14H18Cl2F4N2. The van der Waals surface area contributed by atoms with Gasteiger partial charge >= 0.3 is 6.18 Å². The summed E-state index contributed by atoms with van der Waals surface area (Å²) in [5, 5.41) is 3.20. The van der Waals surface area contributed by atoms with E-state index in [4.69, 9.17) is 11.6 Å². The Morgan fingerprint density at radius 1 is 1.18 bits per heavy atom. The lowest BCUT2D eigenvalue weighted by Crippen LogP contribution is -2.45. The molecule has 2 nitrogen and oxygen atoms in total. The number of benzene rings is 1. The maximum absolute atomic E-state index is 12.9. The molecule has 1 heterocycles. The van der Waals surface area contributed by atoms with Crippen LogP contribution in [0.25, 0.3) is 0 Å². The van der Waals surface area contributed by atoms with Crippen molar-refractivity contribution < 1.29 is 17.6 Å². The lowest BCUT2D eigenvalue weighted by Gasteiger charge is -2.35. The summed E-state index contributed by atoms with van der Waals surface area (Å²) in [7, 11) is 0. The van der Waals surface area contributed by atoms with Crippen LogP contribution in [0.3, 0.4) is 0 Å². The molecule has 126 valence electrons. The summed E-state index contributed by atoms with van der Waals surface area (Å²) in [5.74, 6) is 0. The van der Waals surface area contributed by atoms with Crippen molar-refractivity contribution >= 4 is 24.0 Å². The number of piperazine rings is 1. The van der Waals surface area contributed by atoms with E-state index < -0.39 is 18.4 Å².